The van der Waals surface area contributed by atoms with E-state index in [9.17, 15) is 13.5 Å². The number of rotatable bonds is 4. The molecule has 0 aromatic rings. The minimum absolute atomic E-state index is 0.116. The fraction of sp³-hybridized carbons (Fsp3) is 1.00. The Bertz CT molecular complexity index is 340. The summed E-state index contributed by atoms with van der Waals surface area (Å²) in [5.74, 6) is 0.772. The molecule has 1 N–H and O–H groups in total. The molecule has 0 spiro atoms. The third kappa shape index (κ3) is 2.19. The SMILES string of the molecule is CC(C)C1(O)CN(S(=O)(=O)CC2CC2)C1. The van der Waals surface area contributed by atoms with Crippen LogP contribution in [-0.2, 0) is 10.0 Å². The Kier molecular flexibility index (Phi) is 2.60. The van der Waals surface area contributed by atoms with Crippen molar-refractivity contribution >= 4 is 10.0 Å². The van der Waals surface area contributed by atoms with Gasteiger partial charge in [0.2, 0.25) is 10.0 Å². The molecule has 0 radical (unpaired) electrons. The zero-order chi connectivity index (χ0) is 11.3. The van der Waals surface area contributed by atoms with Crippen molar-refractivity contribution in [1.82, 2.24) is 4.31 Å². The largest absolute Gasteiger partial charge is 0.387 e. The van der Waals surface area contributed by atoms with Gasteiger partial charge in [0, 0.05) is 13.1 Å². The zero-order valence-corrected chi connectivity index (χ0v) is 10.1. The van der Waals surface area contributed by atoms with Gasteiger partial charge in [0.1, 0.15) is 0 Å². The maximum atomic E-state index is 11.8. The Morgan fingerprint density at radius 2 is 1.93 bits per heavy atom. The Labute approximate surface area is 91.3 Å². The van der Waals surface area contributed by atoms with Gasteiger partial charge in [0.05, 0.1) is 11.4 Å². The Morgan fingerprint density at radius 1 is 1.40 bits per heavy atom. The van der Waals surface area contributed by atoms with Gasteiger partial charge in [-0.15, -0.1) is 0 Å². The van der Waals surface area contributed by atoms with E-state index in [2.05, 4.69) is 0 Å². The van der Waals surface area contributed by atoms with Crippen molar-refractivity contribution in [3.8, 4) is 0 Å². The number of sulfonamides is 1. The summed E-state index contributed by atoms with van der Waals surface area (Å²) in [6.45, 7) is 4.40. The van der Waals surface area contributed by atoms with Crippen LogP contribution in [0.2, 0.25) is 0 Å². The smallest absolute Gasteiger partial charge is 0.214 e. The van der Waals surface area contributed by atoms with Gasteiger partial charge < -0.3 is 5.11 Å². The van der Waals surface area contributed by atoms with Crippen LogP contribution in [0, 0.1) is 11.8 Å². The monoisotopic (exact) mass is 233 g/mol. The first-order chi connectivity index (χ1) is 6.83. The highest BCUT2D eigenvalue weighted by Crippen LogP contribution is 2.35. The molecule has 15 heavy (non-hydrogen) atoms. The summed E-state index contributed by atoms with van der Waals surface area (Å²) < 4.78 is 25.0. The van der Waals surface area contributed by atoms with Gasteiger partial charge in [-0.1, -0.05) is 13.8 Å². The average Bonchev–Trinajstić information content (AvgIpc) is 2.80. The quantitative estimate of drug-likeness (QED) is 0.766. The lowest BCUT2D eigenvalue weighted by atomic mass is 9.85. The van der Waals surface area contributed by atoms with Gasteiger partial charge in [-0.05, 0) is 24.7 Å². The topological polar surface area (TPSA) is 57.6 Å². The van der Waals surface area contributed by atoms with Gasteiger partial charge in [-0.3, -0.25) is 0 Å². The van der Waals surface area contributed by atoms with Crippen LogP contribution in [0.1, 0.15) is 26.7 Å². The van der Waals surface area contributed by atoms with Crippen LogP contribution in [0.5, 0.6) is 0 Å². The molecule has 2 aliphatic rings. The summed E-state index contributed by atoms with van der Waals surface area (Å²) in [7, 11) is -3.09. The molecule has 0 aromatic heterocycles. The zero-order valence-electron chi connectivity index (χ0n) is 9.31. The summed E-state index contributed by atoms with van der Waals surface area (Å²) in [5, 5.41) is 9.96. The Balaban J connectivity index is 1.92. The predicted molar refractivity (Wildman–Crippen MR) is 57.9 cm³/mol. The molecule has 4 nitrogen and oxygen atoms in total. The predicted octanol–water partition coefficient (Wildman–Crippen LogP) is 0.429. The molecule has 0 atom stereocenters. The van der Waals surface area contributed by atoms with E-state index in [1.807, 2.05) is 13.8 Å². The van der Waals surface area contributed by atoms with Crippen molar-refractivity contribution < 1.29 is 13.5 Å². The maximum absolute atomic E-state index is 11.8. The van der Waals surface area contributed by atoms with Crippen molar-refractivity contribution in [2.75, 3.05) is 18.8 Å². The molecule has 1 heterocycles. The molecule has 5 heteroatoms. The van der Waals surface area contributed by atoms with E-state index >= 15 is 0 Å². The minimum Gasteiger partial charge on any atom is -0.387 e. The molecule has 2 rings (SSSR count). The van der Waals surface area contributed by atoms with Gasteiger partial charge in [0.15, 0.2) is 0 Å². The second-order valence-electron chi connectivity index (χ2n) is 5.25. The van der Waals surface area contributed by atoms with E-state index < -0.39 is 15.6 Å². The molecule has 0 unspecified atom stereocenters. The van der Waals surface area contributed by atoms with Crippen molar-refractivity contribution in [3.63, 3.8) is 0 Å². The summed E-state index contributed by atoms with van der Waals surface area (Å²) in [5.41, 5.74) is -0.795. The summed E-state index contributed by atoms with van der Waals surface area (Å²) in [4.78, 5) is 0. The van der Waals surface area contributed by atoms with E-state index in [0.717, 1.165) is 12.8 Å². The highest BCUT2D eigenvalue weighted by molar-refractivity contribution is 7.89. The van der Waals surface area contributed by atoms with Gasteiger partial charge in [-0.2, -0.15) is 4.31 Å². The van der Waals surface area contributed by atoms with E-state index in [1.54, 1.807) is 0 Å². The highest BCUT2D eigenvalue weighted by Gasteiger charge is 2.49. The first-order valence-electron chi connectivity index (χ1n) is 5.54. The van der Waals surface area contributed by atoms with Crippen molar-refractivity contribution in [3.05, 3.63) is 0 Å². The number of β-amino-alcohol motifs (C(OH)–C–C–N with tert-alkyl or cyclic N) is 1. The highest BCUT2D eigenvalue weighted by atomic mass is 32.2. The second-order valence-corrected chi connectivity index (χ2v) is 7.26. The van der Waals surface area contributed by atoms with Crippen LogP contribution in [0.15, 0.2) is 0 Å². The molecule has 0 bridgehead atoms. The molecule has 1 aliphatic carbocycles. The third-order valence-electron chi connectivity index (χ3n) is 3.51. The number of aliphatic hydroxyl groups is 1. The lowest BCUT2D eigenvalue weighted by Crippen LogP contribution is -2.66. The molecule has 0 aromatic carbocycles. The van der Waals surface area contributed by atoms with Crippen LogP contribution in [-0.4, -0.2) is 42.3 Å². The Hall–Kier alpha value is -0.130. The van der Waals surface area contributed by atoms with Crippen LogP contribution in [0.25, 0.3) is 0 Å². The van der Waals surface area contributed by atoms with Gasteiger partial charge >= 0.3 is 0 Å². The molecule has 0 amide bonds. The average molecular weight is 233 g/mol. The number of hydrogen-bond acceptors (Lipinski definition) is 3. The van der Waals surface area contributed by atoms with Crippen LogP contribution in [0.4, 0.5) is 0 Å². The van der Waals surface area contributed by atoms with E-state index in [1.165, 1.54) is 4.31 Å². The van der Waals surface area contributed by atoms with Crippen LogP contribution in [0.3, 0.4) is 0 Å². The summed E-state index contributed by atoms with van der Waals surface area (Å²) in [6.07, 6.45) is 2.09. The number of hydrogen-bond donors (Lipinski definition) is 1. The molecular formula is C10H19NO3S. The first kappa shape index (κ1) is 11.4. The standard InChI is InChI=1S/C10H19NO3S/c1-8(2)10(12)6-11(7-10)15(13,14)5-9-3-4-9/h8-9,12H,3-7H2,1-2H3. The molecule has 88 valence electrons. The van der Waals surface area contributed by atoms with Gasteiger partial charge in [0.25, 0.3) is 0 Å². The third-order valence-corrected chi connectivity index (χ3v) is 5.45. The van der Waals surface area contributed by atoms with E-state index in [0.29, 0.717) is 5.92 Å². The lowest BCUT2D eigenvalue weighted by Gasteiger charge is -2.48. The molecule has 1 saturated heterocycles. The minimum atomic E-state index is -3.09. The molecular weight excluding hydrogens is 214 g/mol. The summed E-state index contributed by atoms with van der Waals surface area (Å²) in [6, 6.07) is 0. The van der Waals surface area contributed by atoms with E-state index in [4.69, 9.17) is 0 Å². The van der Waals surface area contributed by atoms with E-state index in [-0.39, 0.29) is 24.8 Å². The number of nitrogens with zero attached hydrogens (tertiary/aromatic N) is 1. The van der Waals surface area contributed by atoms with Crippen molar-refractivity contribution in [2.24, 2.45) is 11.8 Å². The molecule has 2 fully saturated rings. The lowest BCUT2D eigenvalue weighted by molar-refractivity contribution is -0.0932. The Morgan fingerprint density at radius 3 is 2.33 bits per heavy atom. The van der Waals surface area contributed by atoms with Crippen LogP contribution >= 0.6 is 0 Å². The fourth-order valence-corrected chi connectivity index (χ4v) is 3.79. The normalized spacial score (nSPS) is 26.7. The van der Waals surface area contributed by atoms with Crippen molar-refractivity contribution in [2.45, 2.75) is 32.3 Å². The fourth-order valence-electron chi connectivity index (χ4n) is 1.81. The molecule has 1 saturated carbocycles. The van der Waals surface area contributed by atoms with Gasteiger partial charge in [-0.25, -0.2) is 8.42 Å². The van der Waals surface area contributed by atoms with Crippen LogP contribution < -0.4 is 0 Å². The first-order valence-corrected chi connectivity index (χ1v) is 7.15. The van der Waals surface area contributed by atoms with Crippen molar-refractivity contribution in [1.29, 1.82) is 0 Å². The maximum Gasteiger partial charge on any atom is 0.214 e. The second kappa shape index (κ2) is 3.43. The molecule has 1 aliphatic heterocycles. The summed E-state index contributed by atoms with van der Waals surface area (Å²) >= 11 is 0.